The van der Waals surface area contributed by atoms with E-state index in [9.17, 15) is 0 Å². The van der Waals surface area contributed by atoms with Gasteiger partial charge in [0.1, 0.15) is 11.2 Å². The number of hydrogen-bond donors (Lipinski definition) is 0. The molecule has 1 heterocycles. The van der Waals surface area contributed by atoms with Crippen LogP contribution in [-0.4, -0.2) is 0 Å². The molecule has 0 aliphatic rings. The Morgan fingerprint density at radius 1 is 0.324 bits per heavy atom. The van der Waals surface area contributed by atoms with Crippen molar-refractivity contribution in [3.8, 4) is 22.3 Å². The van der Waals surface area contributed by atoms with Gasteiger partial charge in [-0.25, -0.2) is 0 Å². The molecular weight excluding hydrogens is 448 g/mol. The van der Waals surface area contributed by atoms with Gasteiger partial charge in [0.2, 0.25) is 0 Å². The molecule has 0 amide bonds. The van der Waals surface area contributed by atoms with Crippen LogP contribution in [0, 0.1) is 0 Å². The fourth-order valence-electron chi connectivity index (χ4n) is 6.02. The van der Waals surface area contributed by atoms with Crippen molar-refractivity contribution in [2.24, 2.45) is 0 Å². The lowest BCUT2D eigenvalue weighted by Crippen LogP contribution is -1.88. The molecule has 0 aliphatic heterocycles. The normalized spacial score (nSPS) is 11.8. The predicted octanol–water partition coefficient (Wildman–Crippen LogP) is 10.4. The molecule has 0 spiro atoms. The Kier molecular flexibility index (Phi) is 4.29. The summed E-state index contributed by atoms with van der Waals surface area (Å²) in [6.45, 7) is 0. The highest BCUT2D eigenvalue weighted by atomic mass is 16.3. The van der Waals surface area contributed by atoms with Crippen LogP contribution in [0.15, 0.2) is 138 Å². The first-order valence-corrected chi connectivity index (χ1v) is 12.7. The Bertz CT molecular complexity index is 2140. The van der Waals surface area contributed by atoms with Crippen molar-refractivity contribution in [1.82, 2.24) is 0 Å². The predicted molar refractivity (Wildman–Crippen MR) is 157 cm³/mol. The van der Waals surface area contributed by atoms with Crippen LogP contribution in [-0.2, 0) is 0 Å². The minimum absolute atomic E-state index is 0.925. The number of para-hydroxylation sites is 2. The lowest BCUT2D eigenvalue weighted by molar-refractivity contribution is 0.670. The van der Waals surface area contributed by atoms with Crippen LogP contribution < -0.4 is 0 Å². The molecule has 0 N–H and O–H groups in total. The van der Waals surface area contributed by atoms with Gasteiger partial charge in [-0.2, -0.15) is 0 Å². The molecule has 8 aromatic rings. The van der Waals surface area contributed by atoms with Crippen LogP contribution >= 0.6 is 0 Å². The van der Waals surface area contributed by atoms with Crippen LogP contribution in [0.5, 0.6) is 0 Å². The van der Waals surface area contributed by atoms with Crippen molar-refractivity contribution < 1.29 is 4.42 Å². The first-order chi connectivity index (χ1) is 18.4. The van der Waals surface area contributed by atoms with Gasteiger partial charge >= 0.3 is 0 Å². The Labute approximate surface area is 214 Å². The van der Waals surface area contributed by atoms with Crippen molar-refractivity contribution >= 4 is 54.3 Å². The van der Waals surface area contributed by atoms with Crippen LogP contribution in [0.2, 0.25) is 0 Å². The molecule has 1 nitrogen and oxygen atoms in total. The molecule has 0 atom stereocenters. The summed E-state index contributed by atoms with van der Waals surface area (Å²) in [6.07, 6.45) is 0. The third-order valence-corrected chi connectivity index (χ3v) is 7.67. The van der Waals surface area contributed by atoms with E-state index in [1.165, 1.54) is 49.0 Å². The van der Waals surface area contributed by atoms with E-state index in [1.54, 1.807) is 0 Å². The van der Waals surface area contributed by atoms with Gasteiger partial charge in [-0.05, 0) is 61.1 Å². The van der Waals surface area contributed by atoms with Crippen LogP contribution in [0.25, 0.3) is 76.5 Å². The summed E-state index contributed by atoms with van der Waals surface area (Å²) in [5.41, 5.74) is 6.69. The highest BCUT2D eigenvalue weighted by molar-refractivity contribution is 6.18. The largest absolute Gasteiger partial charge is 0.455 e. The maximum absolute atomic E-state index is 6.41. The zero-order valence-corrected chi connectivity index (χ0v) is 20.1. The highest BCUT2D eigenvalue weighted by Gasteiger charge is 2.16. The van der Waals surface area contributed by atoms with E-state index in [2.05, 4.69) is 121 Å². The van der Waals surface area contributed by atoms with Crippen LogP contribution in [0.3, 0.4) is 0 Å². The summed E-state index contributed by atoms with van der Waals surface area (Å²) in [5.74, 6) is 0. The smallest absolute Gasteiger partial charge is 0.143 e. The minimum atomic E-state index is 0.925. The molecular formula is C36H22O. The second kappa shape index (κ2) is 7.81. The first-order valence-electron chi connectivity index (χ1n) is 12.7. The summed E-state index contributed by atoms with van der Waals surface area (Å²) in [6, 6.07) is 47.8. The Morgan fingerprint density at radius 2 is 0.838 bits per heavy atom. The third-order valence-electron chi connectivity index (χ3n) is 7.67. The van der Waals surface area contributed by atoms with Gasteiger partial charge in [0.25, 0.3) is 0 Å². The average molecular weight is 471 g/mol. The van der Waals surface area contributed by atoms with Gasteiger partial charge in [-0.3, -0.25) is 0 Å². The molecule has 0 unspecified atom stereocenters. The van der Waals surface area contributed by atoms with E-state index < -0.39 is 0 Å². The Hall–Kier alpha value is -4.88. The first kappa shape index (κ1) is 20.3. The van der Waals surface area contributed by atoms with Crippen LogP contribution in [0.4, 0.5) is 0 Å². The van der Waals surface area contributed by atoms with Crippen molar-refractivity contribution in [2.45, 2.75) is 0 Å². The third kappa shape index (κ3) is 2.98. The topological polar surface area (TPSA) is 13.1 Å². The maximum atomic E-state index is 6.41. The number of furan rings is 1. The molecule has 37 heavy (non-hydrogen) atoms. The standard InChI is InChI=1S/C36H22O/c1-2-11-24-23(10-1)22-34(29-13-4-3-12-25(24)29)30-18-8-15-26-27(30)16-7-17-28(26)32-19-9-20-33-31-14-5-6-21-35(31)37-36(32)33/h1-22H. The van der Waals surface area contributed by atoms with Gasteiger partial charge in [0.15, 0.2) is 0 Å². The summed E-state index contributed by atoms with van der Waals surface area (Å²) in [5, 5.41) is 9.90. The van der Waals surface area contributed by atoms with E-state index >= 15 is 0 Å². The number of hydrogen-bond acceptors (Lipinski definition) is 1. The van der Waals surface area contributed by atoms with Crippen molar-refractivity contribution in [1.29, 1.82) is 0 Å². The van der Waals surface area contributed by atoms with E-state index in [0.29, 0.717) is 0 Å². The molecule has 7 aromatic carbocycles. The highest BCUT2D eigenvalue weighted by Crippen LogP contribution is 2.42. The van der Waals surface area contributed by atoms with Gasteiger partial charge in [0.05, 0.1) is 0 Å². The molecule has 0 saturated carbocycles. The van der Waals surface area contributed by atoms with Crippen molar-refractivity contribution in [3.05, 3.63) is 133 Å². The van der Waals surface area contributed by atoms with Gasteiger partial charge in [-0.15, -0.1) is 0 Å². The summed E-state index contributed by atoms with van der Waals surface area (Å²) in [7, 11) is 0. The van der Waals surface area contributed by atoms with Gasteiger partial charge in [0, 0.05) is 16.3 Å². The second-order valence-corrected chi connectivity index (χ2v) is 9.68. The lowest BCUT2D eigenvalue weighted by atomic mass is 9.89. The molecule has 0 fully saturated rings. The second-order valence-electron chi connectivity index (χ2n) is 9.68. The zero-order chi connectivity index (χ0) is 24.3. The fourth-order valence-corrected chi connectivity index (χ4v) is 6.02. The molecule has 1 heteroatoms. The van der Waals surface area contributed by atoms with Gasteiger partial charge < -0.3 is 4.42 Å². The molecule has 172 valence electrons. The molecule has 8 rings (SSSR count). The monoisotopic (exact) mass is 470 g/mol. The van der Waals surface area contributed by atoms with Crippen LogP contribution in [0.1, 0.15) is 0 Å². The average Bonchev–Trinajstić information content (AvgIpc) is 3.35. The number of benzene rings is 7. The van der Waals surface area contributed by atoms with E-state index in [1.807, 2.05) is 12.1 Å². The molecule has 0 saturated heterocycles. The Morgan fingerprint density at radius 3 is 1.62 bits per heavy atom. The fraction of sp³-hybridized carbons (Fsp3) is 0. The van der Waals surface area contributed by atoms with E-state index in [0.717, 1.165) is 27.5 Å². The maximum Gasteiger partial charge on any atom is 0.143 e. The molecule has 0 radical (unpaired) electrons. The Balaban J connectivity index is 1.44. The summed E-state index contributed by atoms with van der Waals surface area (Å²) < 4.78 is 6.41. The van der Waals surface area contributed by atoms with E-state index in [4.69, 9.17) is 4.42 Å². The molecule has 1 aromatic heterocycles. The quantitative estimate of drug-likeness (QED) is 0.229. The van der Waals surface area contributed by atoms with Gasteiger partial charge in [-0.1, -0.05) is 121 Å². The lowest BCUT2D eigenvalue weighted by Gasteiger charge is -2.15. The summed E-state index contributed by atoms with van der Waals surface area (Å²) >= 11 is 0. The molecule has 0 bridgehead atoms. The zero-order valence-electron chi connectivity index (χ0n) is 20.1. The van der Waals surface area contributed by atoms with Crippen molar-refractivity contribution in [2.75, 3.05) is 0 Å². The summed E-state index contributed by atoms with van der Waals surface area (Å²) in [4.78, 5) is 0. The number of fused-ring (bicyclic) bond motifs is 7. The molecule has 0 aliphatic carbocycles. The minimum Gasteiger partial charge on any atom is -0.455 e. The van der Waals surface area contributed by atoms with Crippen molar-refractivity contribution in [3.63, 3.8) is 0 Å². The number of rotatable bonds is 2. The van der Waals surface area contributed by atoms with E-state index in [-0.39, 0.29) is 0 Å². The SMILES string of the molecule is c1ccc2c(c1)cc(-c1cccc3c(-c4cccc5c4oc4ccccc45)cccc13)c1ccccc12.